The Morgan fingerprint density at radius 3 is 2.75 bits per heavy atom. The summed E-state index contributed by atoms with van der Waals surface area (Å²) in [5.74, 6) is 0.344. The largest absolute Gasteiger partial charge is 0.491 e. The summed E-state index contributed by atoms with van der Waals surface area (Å²) in [5, 5.41) is 6.17. The molecule has 0 spiro atoms. The second-order valence-electron chi connectivity index (χ2n) is 6.21. The van der Waals surface area contributed by atoms with Crippen LogP contribution in [0.3, 0.4) is 0 Å². The van der Waals surface area contributed by atoms with Crippen molar-refractivity contribution in [3.8, 4) is 5.75 Å². The second kappa shape index (κ2) is 12.3. The highest BCUT2D eigenvalue weighted by atomic mass is 127. The maximum atomic E-state index is 12.9. The molecule has 1 saturated heterocycles. The first kappa shape index (κ1) is 24.8. The van der Waals surface area contributed by atoms with E-state index in [1.54, 1.807) is 7.05 Å². The fourth-order valence-corrected chi connectivity index (χ4v) is 2.55. The molecule has 1 fully saturated rings. The van der Waals surface area contributed by atoms with Gasteiger partial charge in [0.15, 0.2) is 5.96 Å². The van der Waals surface area contributed by atoms with Gasteiger partial charge in [0.05, 0.1) is 31.4 Å². The molecule has 6 nitrogen and oxygen atoms in total. The maximum absolute atomic E-state index is 12.9. The zero-order valence-electron chi connectivity index (χ0n) is 15.9. The molecule has 2 atom stereocenters. The van der Waals surface area contributed by atoms with Crippen molar-refractivity contribution in [1.29, 1.82) is 0 Å². The van der Waals surface area contributed by atoms with Crippen LogP contribution in [-0.4, -0.2) is 58.1 Å². The molecule has 2 rings (SSSR count). The number of hydrogen-bond donors (Lipinski definition) is 2. The smallest absolute Gasteiger partial charge is 0.419 e. The highest BCUT2D eigenvalue weighted by Gasteiger charge is 2.33. The zero-order chi connectivity index (χ0) is 19.7. The number of rotatable bonds is 8. The highest BCUT2D eigenvalue weighted by molar-refractivity contribution is 14.0. The van der Waals surface area contributed by atoms with Crippen LogP contribution in [0.1, 0.15) is 18.9 Å². The van der Waals surface area contributed by atoms with E-state index in [4.69, 9.17) is 14.2 Å². The fraction of sp³-hybridized carbons (Fsp3) is 0.611. The van der Waals surface area contributed by atoms with Gasteiger partial charge >= 0.3 is 6.18 Å². The lowest BCUT2D eigenvalue weighted by molar-refractivity contribution is -0.138. The van der Waals surface area contributed by atoms with Gasteiger partial charge in [0.25, 0.3) is 0 Å². The van der Waals surface area contributed by atoms with Crippen LogP contribution in [0, 0.1) is 0 Å². The number of para-hydroxylation sites is 1. The Morgan fingerprint density at radius 2 is 2.11 bits per heavy atom. The van der Waals surface area contributed by atoms with Crippen LogP contribution in [0.25, 0.3) is 0 Å². The van der Waals surface area contributed by atoms with E-state index in [9.17, 15) is 13.2 Å². The quantitative estimate of drug-likeness (QED) is 0.240. The number of nitrogens with one attached hydrogen (secondary N) is 2. The van der Waals surface area contributed by atoms with Gasteiger partial charge in [-0.25, -0.2) is 0 Å². The molecule has 10 heteroatoms. The Labute approximate surface area is 180 Å². The number of benzene rings is 1. The average Bonchev–Trinajstić information content (AvgIpc) is 3.15. The number of ether oxygens (including phenoxy) is 3. The first-order valence-electron chi connectivity index (χ1n) is 8.85. The standard InChI is InChI=1S/C18H26F3N3O3.HI/c1-13(11-27-14-7-9-25-12-14)24-17(22-2)23-8-10-26-16-6-4-3-5-15(16)18(19,20)21;/h3-6,13-14H,7-12H2,1-2H3,(H2,22,23,24);1H. The minimum atomic E-state index is -4.44. The van der Waals surface area contributed by atoms with Crippen molar-refractivity contribution < 1.29 is 27.4 Å². The zero-order valence-corrected chi connectivity index (χ0v) is 18.3. The highest BCUT2D eigenvalue weighted by Crippen LogP contribution is 2.35. The normalized spacial score (nSPS) is 18.3. The van der Waals surface area contributed by atoms with Crippen LogP contribution in [0.5, 0.6) is 5.75 Å². The third-order valence-electron chi connectivity index (χ3n) is 3.92. The van der Waals surface area contributed by atoms with Crippen LogP contribution in [-0.2, 0) is 15.7 Å². The van der Waals surface area contributed by atoms with E-state index in [2.05, 4.69) is 15.6 Å². The van der Waals surface area contributed by atoms with Crippen LogP contribution in [0.2, 0.25) is 0 Å². The number of aliphatic imine (C=N–C) groups is 1. The molecule has 1 aliphatic heterocycles. The minimum absolute atomic E-state index is 0. The average molecular weight is 517 g/mol. The number of hydrogen-bond acceptors (Lipinski definition) is 4. The van der Waals surface area contributed by atoms with Gasteiger partial charge in [-0.15, -0.1) is 24.0 Å². The summed E-state index contributed by atoms with van der Waals surface area (Å²) < 4.78 is 55.0. The SMILES string of the molecule is CN=C(NCCOc1ccccc1C(F)(F)F)NC(C)COC1CCOC1.I. The number of guanidine groups is 1. The molecule has 1 heterocycles. The van der Waals surface area contributed by atoms with Gasteiger partial charge in [0.2, 0.25) is 0 Å². The summed E-state index contributed by atoms with van der Waals surface area (Å²) in [6.07, 6.45) is -3.41. The van der Waals surface area contributed by atoms with Crippen molar-refractivity contribution in [3.63, 3.8) is 0 Å². The molecule has 2 unspecified atom stereocenters. The Balaban J connectivity index is 0.00000392. The van der Waals surface area contributed by atoms with Gasteiger partial charge in [0, 0.05) is 19.7 Å². The Kier molecular flexibility index (Phi) is 10.9. The van der Waals surface area contributed by atoms with Crippen molar-refractivity contribution in [2.45, 2.75) is 31.7 Å². The lowest BCUT2D eigenvalue weighted by Gasteiger charge is -2.20. The van der Waals surface area contributed by atoms with E-state index < -0.39 is 11.7 Å². The van der Waals surface area contributed by atoms with Gasteiger partial charge in [-0.1, -0.05) is 12.1 Å². The van der Waals surface area contributed by atoms with E-state index in [1.165, 1.54) is 18.2 Å². The first-order valence-corrected chi connectivity index (χ1v) is 8.85. The summed E-state index contributed by atoms with van der Waals surface area (Å²) >= 11 is 0. The summed E-state index contributed by atoms with van der Waals surface area (Å²) in [5.41, 5.74) is -0.783. The Bertz CT molecular complexity index is 611. The molecule has 1 aliphatic rings. The van der Waals surface area contributed by atoms with Crippen LogP contribution < -0.4 is 15.4 Å². The van der Waals surface area contributed by atoms with Gasteiger partial charge < -0.3 is 24.8 Å². The molecule has 0 bridgehead atoms. The summed E-state index contributed by atoms with van der Waals surface area (Å²) in [7, 11) is 1.62. The second-order valence-corrected chi connectivity index (χ2v) is 6.21. The molecule has 2 N–H and O–H groups in total. The van der Waals surface area contributed by atoms with Gasteiger partial charge in [-0.2, -0.15) is 13.2 Å². The van der Waals surface area contributed by atoms with Crippen molar-refractivity contribution in [3.05, 3.63) is 29.8 Å². The lowest BCUT2D eigenvalue weighted by Crippen LogP contribution is -2.45. The van der Waals surface area contributed by atoms with Gasteiger partial charge in [-0.05, 0) is 25.5 Å². The summed E-state index contributed by atoms with van der Waals surface area (Å²) in [4.78, 5) is 4.09. The molecule has 0 aromatic heterocycles. The predicted octanol–water partition coefficient (Wildman–Crippen LogP) is 3.06. The lowest BCUT2D eigenvalue weighted by atomic mass is 10.2. The van der Waals surface area contributed by atoms with Crippen LogP contribution >= 0.6 is 24.0 Å². The number of nitrogens with zero attached hydrogens (tertiary/aromatic N) is 1. The molecule has 1 aromatic carbocycles. The summed E-state index contributed by atoms with van der Waals surface area (Å²) in [6, 6.07) is 5.17. The van der Waals surface area contributed by atoms with Crippen molar-refractivity contribution in [1.82, 2.24) is 10.6 Å². The van der Waals surface area contributed by atoms with Crippen LogP contribution in [0.15, 0.2) is 29.3 Å². The molecule has 1 aromatic rings. The van der Waals surface area contributed by atoms with Crippen molar-refractivity contribution in [2.75, 3.05) is 40.0 Å². The molecule has 0 amide bonds. The van der Waals surface area contributed by atoms with E-state index in [1.807, 2.05) is 6.92 Å². The fourth-order valence-electron chi connectivity index (χ4n) is 2.55. The van der Waals surface area contributed by atoms with Crippen LogP contribution in [0.4, 0.5) is 13.2 Å². The van der Waals surface area contributed by atoms with E-state index in [-0.39, 0.29) is 48.5 Å². The number of halogens is 4. The maximum Gasteiger partial charge on any atom is 0.419 e. The molecule has 0 aliphatic carbocycles. The van der Waals surface area contributed by atoms with Gasteiger partial charge in [0.1, 0.15) is 12.4 Å². The third-order valence-corrected chi connectivity index (χ3v) is 3.92. The topological polar surface area (TPSA) is 64.1 Å². The molecule has 28 heavy (non-hydrogen) atoms. The first-order chi connectivity index (χ1) is 12.9. The Hall–Kier alpha value is -1.27. The molecule has 0 radical (unpaired) electrons. The third kappa shape index (κ3) is 8.39. The molecular formula is C18H27F3IN3O3. The monoisotopic (exact) mass is 517 g/mol. The van der Waals surface area contributed by atoms with Crippen molar-refractivity contribution in [2.24, 2.45) is 4.99 Å². The van der Waals surface area contributed by atoms with E-state index in [0.29, 0.717) is 25.7 Å². The minimum Gasteiger partial charge on any atom is -0.491 e. The predicted molar refractivity (Wildman–Crippen MR) is 111 cm³/mol. The number of alkyl halides is 3. The molecule has 160 valence electrons. The summed E-state index contributed by atoms with van der Waals surface area (Å²) in [6.45, 7) is 4.18. The van der Waals surface area contributed by atoms with E-state index in [0.717, 1.165) is 19.1 Å². The van der Waals surface area contributed by atoms with E-state index >= 15 is 0 Å². The van der Waals surface area contributed by atoms with Crippen molar-refractivity contribution >= 4 is 29.9 Å². The molecule has 0 saturated carbocycles. The Morgan fingerprint density at radius 1 is 1.36 bits per heavy atom. The molecular weight excluding hydrogens is 490 g/mol. The van der Waals surface area contributed by atoms with Gasteiger partial charge in [-0.3, -0.25) is 4.99 Å².